The monoisotopic (exact) mass is 298 g/mol. The number of aliphatic hydroxyl groups excluding tert-OH is 1. The van der Waals surface area contributed by atoms with Crippen molar-refractivity contribution in [2.24, 2.45) is 0 Å². The summed E-state index contributed by atoms with van der Waals surface area (Å²) >= 11 is 5.89. The molecule has 0 radical (unpaired) electrons. The van der Waals surface area contributed by atoms with E-state index in [0.717, 1.165) is 6.42 Å². The van der Waals surface area contributed by atoms with E-state index in [-0.39, 0.29) is 31.0 Å². The maximum absolute atomic E-state index is 11.8. The zero-order chi connectivity index (χ0) is 15.0. The zero-order valence-corrected chi connectivity index (χ0v) is 12.1. The summed E-state index contributed by atoms with van der Waals surface area (Å²) in [5.41, 5.74) is 0.337. The molecule has 2 amide bonds. The second-order valence-corrected chi connectivity index (χ2v) is 4.75. The molecule has 0 aliphatic carbocycles. The number of halogens is 1. The van der Waals surface area contributed by atoms with Crippen LogP contribution >= 0.6 is 11.6 Å². The highest BCUT2D eigenvalue weighted by atomic mass is 35.5. The molecule has 0 aliphatic rings. The molecule has 1 unspecified atom stereocenters. The fourth-order valence-corrected chi connectivity index (χ4v) is 1.94. The van der Waals surface area contributed by atoms with Crippen molar-refractivity contribution in [3.8, 4) is 0 Å². The Bertz CT molecular complexity index is 465. The number of hydrogen-bond donors (Lipinski definition) is 3. The van der Waals surface area contributed by atoms with Crippen molar-refractivity contribution in [2.45, 2.75) is 25.8 Å². The molecule has 1 aromatic rings. The van der Waals surface area contributed by atoms with E-state index < -0.39 is 0 Å². The zero-order valence-electron chi connectivity index (χ0n) is 11.4. The van der Waals surface area contributed by atoms with E-state index in [0.29, 0.717) is 17.0 Å². The molecule has 5 nitrogen and oxygen atoms in total. The van der Waals surface area contributed by atoms with Gasteiger partial charge in [-0.3, -0.25) is 9.59 Å². The number of nitrogens with one attached hydrogen (secondary N) is 2. The molecule has 0 bridgehead atoms. The van der Waals surface area contributed by atoms with Crippen LogP contribution in [-0.4, -0.2) is 36.1 Å². The van der Waals surface area contributed by atoms with E-state index in [1.165, 1.54) is 0 Å². The van der Waals surface area contributed by atoms with E-state index in [1.807, 2.05) is 6.92 Å². The first-order chi connectivity index (χ1) is 9.58. The molecule has 0 heterocycles. The molecule has 0 aromatic heterocycles. The topological polar surface area (TPSA) is 78.4 Å². The second-order valence-electron chi connectivity index (χ2n) is 4.35. The van der Waals surface area contributed by atoms with Crippen molar-refractivity contribution in [3.63, 3.8) is 0 Å². The Balaban J connectivity index is 2.45. The van der Waals surface area contributed by atoms with Crippen LogP contribution in [-0.2, 0) is 4.79 Å². The average Bonchev–Trinajstić information content (AvgIpc) is 2.44. The maximum atomic E-state index is 11.8. The van der Waals surface area contributed by atoms with Crippen LogP contribution in [0.2, 0.25) is 5.02 Å². The molecule has 20 heavy (non-hydrogen) atoms. The Kier molecular flexibility index (Phi) is 7.04. The summed E-state index contributed by atoms with van der Waals surface area (Å²) in [5.74, 6) is -0.674. The van der Waals surface area contributed by atoms with Gasteiger partial charge < -0.3 is 15.7 Å². The predicted octanol–water partition coefficient (Wildman–Crippen LogP) is 1.35. The molecule has 1 rings (SSSR count). The summed E-state index contributed by atoms with van der Waals surface area (Å²) < 4.78 is 0. The first-order valence-corrected chi connectivity index (χ1v) is 6.89. The molecule has 6 heteroatoms. The van der Waals surface area contributed by atoms with Crippen LogP contribution in [0.4, 0.5) is 0 Å². The van der Waals surface area contributed by atoms with Crippen LogP contribution in [0.15, 0.2) is 24.3 Å². The molecule has 3 N–H and O–H groups in total. The molecule has 0 spiro atoms. The first-order valence-electron chi connectivity index (χ1n) is 6.51. The maximum Gasteiger partial charge on any atom is 0.253 e. The highest BCUT2D eigenvalue weighted by Crippen LogP contribution is 2.14. The highest BCUT2D eigenvalue weighted by molar-refractivity contribution is 6.33. The fourth-order valence-electron chi connectivity index (χ4n) is 1.71. The first kappa shape index (κ1) is 16.5. The number of rotatable bonds is 7. The fraction of sp³-hybridized carbons (Fsp3) is 0.429. The van der Waals surface area contributed by atoms with Gasteiger partial charge in [-0.05, 0) is 25.0 Å². The van der Waals surface area contributed by atoms with Gasteiger partial charge in [-0.15, -0.1) is 0 Å². The van der Waals surface area contributed by atoms with Crippen LogP contribution in [0.3, 0.4) is 0 Å². The minimum Gasteiger partial charge on any atom is -0.396 e. The molecule has 1 atom stereocenters. The van der Waals surface area contributed by atoms with Crippen LogP contribution in [0.1, 0.15) is 30.1 Å². The van der Waals surface area contributed by atoms with Gasteiger partial charge in [0.05, 0.1) is 17.1 Å². The minimum atomic E-state index is -0.388. The number of hydrogen-bond acceptors (Lipinski definition) is 3. The second kappa shape index (κ2) is 8.55. The van der Waals surface area contributed by atoms with Crippen molar-refractivity contribution >= 4 is 23.4 Å². The van der Waals surface area contributed by atoms with E-state index in [9.17, 15) is 9.59 Å². The summed E-state index contributed by atoms with van der Waals surface area (Å²) in [4.78, 5) is 23.5. The van der Waals surface area contributed by atoms with Gasteiger partial charge in [0, 0.05) is 12.6 Å². The third-order valence-corrected chi connectivity index (χ3v) is 3.19. The third kappa shape index (κ3) is 5.19. The van der Waals surface area contributed by atoms with Crippen LogP contribution < -0.4 is 10.6 Å². The Labute approximate surface area is 123 Å². The largest absolute Gasteiger partial charge is 0.396 e. The number of carbonyl (C=O) groups is 2. The quantitative estimate of drug-likeness (QED) is 0.711. The van der Waals surface area contributed by atoms with Gasteiger partial charge in [0.25, 0.3) is 5.91 Å². The van der Waals surface area contributed by atoms with Gasteiger partial charge in [-0.25, -0.2) is 0 Å². The molecule has 110 valence electrons. The Hall–Kier alpha value is -1.59. The smallest absolute Gasteiger partial charge is 0.253 e. The van der Waals surface area contributed by atoms with E-state index in [1.54, 1.807) is 24.3 Å². The minimum absolute atomic E-state index is 0.0186. The van der Waals surface area contributed by atoms with Crippen molar-refractivity contribution in [1.29, 1.82) is 0 Å². The lowest BCUT2D eigenvalue weighted by Gasteiger charge is -2.16. The summed E-state index contributed by atoms with van der Waals surface area (Å²) in [6.07, 6.45) is 1.23. The summed E-state index contributed by atoms with van der Waals surface area (Å²) in [7, 11) is 0. The van der Waals surface area contributed by atoms with Crippen molar-refractivity contribution < 1.29 is 14.7 Å². The Morgan fingerprint density at radius 2 is 2.05 bits per heavy atom. The molecule has 0 saturated carbocycles. The standard InChI is InChI=1S/C14H19ClN2O3/c1-2-10(7-8-18)17-13(19)9-16-14(20)11-5-3-4-6-12(11)15/h3-6,10,18H,2,7-9H2,1H3,(H,16,20)(H,17,19). The van der Waals surface area contributed by atoms with E-state index in [4.69, 9.17) is 16.7 Å². The summed E-state index contributed by atoms with van der Waals surface area (Å²) in [5, 5.41) is 14.4. The normalized spacial score (nSPS) is 11.8. The van der Waals surface area contributed by atoms with Gasteiger partial charge in [0.2, 0.25) is 5.91 Å². The number of benzene rings is 1. The average molecular weight is 299 g/mol. The number of carbonyl (C=O) groups excluding carboxylic acids is 2. The van der Waals surface area contributed by atoms with Gasteiger partial charge in [-0.2, -0.15) is 0 Å². The molecular weight excluding hydrogens is 280 g/mol. The number of aliphatic hydroxyl groups is 1. The molecule has 0 saturated heterocycles. The van der Waals surface area contributed by atoms with Crippen molar-refractivity contribution in [1.82, 2.24) is 10.6 Å². The third-order valence-electron chi connectivity index (χ3n) is 2.86. The molecular formula is C14H19ClN2O3. The summed E-state index contributed by atoms with van der Waals surface area (Å²) in [6.45, 7) is 1.82. The van der Waals surface area contributed by atoms with Gasteiger partial charge >= 0.3 is 0 Å². The lowest BCUT2D eigenvalue weighted by molar-refractivity contribution is -0.120. The van der Waals surface area contributed by atoms with Crippen molar-refractivity contribution in [2.75, 3.05) is 13.2 Å². The van der Waals surface area contributed by atoms with Crippen LogP contribution in [0.25, 0.3) is 0 Å². The molecule has 0 fully saturated rings. The SMILES string of the molecule is CCC(CCO)NC(=O)CNC(=O)c1ccccc1Cl. The Morgan fingerprint density at radius 3 is 2.65 bits per heavy atom. The lowest BCUT2D eigenvalue weighted by Crippen LogP contribution is -2.42. The summed E-state index contributed by atoms with van der Waals surface area (Å²) in [6, 6.07) is 6.56. The van der Waals surface area contributed by atoms with Crippen LogP contribution in [0, 0.1) is 0 Å². The van der Waals surface area contributed by atoms with Gasteiger partial charge in [-0.1, -0.05) is 30.7 Å². The van der Waals surface area contributed by atoms with Crippen molar-refractivity contribution in [3.05, 3.63) is 34.9 Å². The lowest BCUT2D eigenvalue weighted by atomic mass is 10.1. The van der Waals surface area contributed by atoms with Gasteiger partial charge in [0.15, 0.2) is 0 Å². The van der Waals surface area contributed by atoms with E-state index >= 15 is 0 Å². The van der Waals surface area contributed by atoms with Crippen LogP contribution in [0.5, 0.6) is 0 Å². The van der Waals surface area contributed by atoms with Gasteiger partial charge in [0.1, 0.15) is 0 Å². The molecule has 0 aliphatic heterocycles. The number of amides is 2. The molecule has 1 aromatic carbocycles. The Morgan fingerprint density at radius 1 is 1.35 bits per heavy atom. The predicted molar refractivity (Wildman–Crippen MR) is 77.7 cm³/mol. The van der Waals surface area contributed by atoms with E-state index in [2.05, 4.69) is 10.6 Å². The highest BCUT2D eigenvalue weighted by Gasteiger charge is 2.13.